The van der Waals surface area contributed by atoms with Gasteiger partial charge >= 0.3 is 0 Å². The van der Waals surface area contributed by atoms with Crippen LogP contribution < -0.4 is 0 Å². The Morgan fingerprint density at radius 3 is 2.00 bits per heavy atom. The molecule has 4 heteroatoms. The lowest BCUT2D eigenvalue weighted by molar-refractivity contribution is 0.406. The van der Waals surface area contributed by atoms with E-state index < -0.39 is 0 Å². The summed E-state index contributed by atoms with van der Waals surface area (Å²) in [5.74, 6) is 1.08. The molecule has 0 saturated heterocycles. The lowest BCUT2D eigenvalue weighted by atomic mass is 9.73. The van der Waals surface area contributed by atoms with E-state index >= 15 is 0 Å². The first-order valence-corrected chi connectivity index (χ1v) is 11.1. The van der Waals surface area contributed by atoms with Gasteiger partial charge < -0.3 is 20.4 Å². The molecule has 4 N–H and O–H groups in total. The summed E-state index contributed by atoms with van der Waals surface area (Å²) in [5.41, 5.74) is 4.11. The molecule has 2 atom stereocenters. The van der Waals surface area contributed by atoms with Crippen LogP contribution in [0.4, 0.5) is 0 Å². The van der Waals surface area contributed by atoms with Gasteiger partial charge in [-0.25, -0.2) is 0 Å². The number of aromatic hydroxyl groups is 4. The van der Waals surface area contributed by atoms with Crippen molar-refractivity contribution in [3.05, 3.63) is 71.3 Å². The maximum atomic E-state index is 10.5. The minimum Gasteiger partial charge on any atom is -0.508 e. The van der Waals surface area contributed by atoms with Crippen molar-refractivity contribution in [2.45, 2.75) is 65.2 Å². The van der Waals surface area contributed by atoms with Crippen LogP contribution in [0, 0.1) is 5.92 Å². The molecular weight excluding hydrogens is 388 g/mol. The van der Waals surface area contributed by atoms with Crippen LogP contribution in [0.25, 0.3) is 0 Å². The third kappa shape index (κ3) is 7.09. The third-order valence-electron chi connectivity index (χ3n) is 5.83. The molecule has 1 aliphatic carbocycles. The van der Waals surface area contributed by atoms with Gasteiger partial charge in [-0.3, -0.25) is 0 Å². The van der Waals surface area contributed by atoms with Gasteiger partial charge in [0.15, 0.2) is 0 Å². The molecule has 0 amide bonds. The van der Waals surface area contributed by atoms with Crippen LogP contribution in [0.15, 0.2) is 60.2 Å². The van der Waals surface area contributed by atoms with E-state index in [9.17, 15) is 10.2 Å². The molecule has 0 fully saturated rings. The molecule has 3 rings (SSSR count). The SMILES string of the molecule is C=C(C)[C@@H]1CCC(C)=C[C@H]1c1c(O)cc(CCCCC)cc1O.Oc1ccc(O)cc1. The molecule has 0 radical (unpaired) electrons. The Labute approximate surface area is 186 Å². The van der Waals surface area contributed by atoms with Crippen LogP contribution >= 0.6 is 0 Å². The zero-order chi connectivity index (χ0) is 23.0. The van der Waals surface area contributed by atoms with Crippen LogP contribution in [0.2, 0.25) is 0 Å². The normalized spacial score (nSPS) is 18.0. The quantitative estimate of drug-likeness (QED) is 0.230. The van der Waals surface area contributed by atoms with Crippen LogP contribution in [0.5, 0.6) is 23.0 Å². The number of hydrogen-bond donors (Lipinski definition) is 4. The van der Waals surface area contributed by atoms with E-state index in [-0.39, 0.29) is 34.8 Å². The van der Waals surface area contributed by atoms with Crippen LogP contribution in [0.3, 0.4) is 0 Å². The maximum absolute atomic E-state index is 10.5. The summed E-state index contributed by atoms with van der Waals surface area (Å²) < 4.78 is 0. The standard InChI is InChI=1S/C21H30O2.C6H6O2/c1-5-6-7-8-16-12-19(22)21(20(23)13-16)18-11-15(4)9-10-17(18)14(2)3;7-5-1-2-6(8)4-3-5/h11-13,17-18,22-23H,2,5-10H2,1,3-4H3;1-4,7-8H/t17-,18+;/m0./s1. The third-order valence-corrected chi connectivity index (χ3v) is 5.83. The molecule has 0 saturated carbocycles. The average molecular weight is 425 g/mol. The topological polar surface area (TPSA) is 80.9 Å². The van der Waals surface area contributed by atoms with E-state index in [2.05, 4.69) is 26.5 Å². The molecule has 1 aliphatic rings. The summed E-state index contributed by atoms with van der Waals surface area (Å²) in [6.07, 6.45) is 8.61. The molecule has 0 aromatic heterocycles. The van der Waals surface area contributed by atoms with Gasteiger partial charge in [-0.05, 0) is 87.4 Å². The van der Waals surface area contributed by atoms with Gasteiger partial charge in [-0.2, -0.15) is 0 Å². The van der Waals surface area contributed by atoms with E-state index in [0.717, 1.165) is 36.8 Å². The number of rotatable bonds is 6. The molecule has 2 aromatic rings. The number of allylic oxidation sites excluding steroid dienone is 3. The highest BCUT2D eigenvalue weighted by atomic mass is 16.3. The summed E-state index contributed by atoms with van der Waals surface area (Å²) in [6.45, 7) is 10.4. The van der Waals surface area contributed by atoms with Crippen molar-refractivity contribution in [1.29, 1.82) is 0 Å². The first-order chi connectivity index (χ1) is 14.7. The van der Waals surface area contributed by atoms with Crippen molar-refractivity contribution >= 4 is 0 Å². The Morgan fingerprint density at radius 1 is 0.968 bits per heavy atom. The molecule has 4 nitrogen and oxygen atoms in total. The maximum Gasteiger partial charge on any atom is 0.123 e. The monoisotopic (exact) mass is 424 g/mol. The Kier molecular flexibility index (Phi) is 9.04. The second-order valence-electron chi connectivity index (χ2n) is 8.55. The molecule has 31 heavy (non-hydrogen) atoms. The van der Waals surface area contributed by atoms with Crippen molar-refractivity contribution in [3.63, 3.8) is 0 Å². The number of aryl methyl sites for hydroxylation is 1. The number of benzene rings is 2. The Morgan fingerprint density at radius 2 is 1.52 bits per heavy atom. The fourth-order valence-corrected chi connectivity index (χ4v) is 4.10. The smallest absolute Gasteiger partial charge is 0.123 e. The van der Waals surface area contributed by atoms with Gasteiger partial charge in [0.05, 0.1) is 0 Å². The van der Waals surface area contributed by atoms with Gasteiger partial charge in [0.25, 0.3) is 0 Å². The predicted molar refractivity (Wildman–Crippen MR) is 127 cm³/mol. The molecule has 168 valence electrons. The molecular formula is C27H36O4. The number of unbranched alkanes of at least 4 members (excludes halogenated alkanes) is 2. The Balaban J connectivity index is 0.000000357. The molecule has 0 bridgehead atoms. The van der Waals surface area contributed by atoms with Crippen molar-refractivity contribution in [2.75, 3.05) is 0 Å². The summed E-state index contributed by atoms with van der Waals surface area (Å²) in [5, 5.41) is 38.4. The molecule has 0 unspecified atom stereocenters. The summed E-state index contributed by atoms with van der Waals surface area (Å²) >= 11 is 0. The minimum atomic E-state index is 0.0194. The van der Waals surface area contributed by atoms with Gasteiger partial charge in [0.2, 0.25) is 0 Å². The lowest BCUT2D eigenvalue weighted by Gasteiger charge is -2.31. The lowest BCUT2D eigenvalue weighted by Crippen LogP contribution is -2.17. The summed E-state index contributed by atoms with van der Waals surface area (Å²) in [7, 11) is 0. The van der Waals surface area contributed by atoms with Gasteiger partial charge in [0, 0.05) is 11.5 Å². The van der Waals surface area contributed by atoms with E-state index in [1.54, 1.807) is 0 Å². The largest absolute Gasteiger partial charge is 0.508 e. The average Bonchev–Trinajstić information content (AvgIpc) is 2.70. The molecule has 0 aliphatic heterocycles. The second kappa shape index (κ2) is 11.5. The zero-order valence-corrected chi connectivity index (χ0v) is 18.9. The summed E-state index contributed by atoms with van der Waals surface area (Å²) in [6, 6.07) is 9.37. The first kappa shape index (κ1) is 24.4. The minimum absolute atomic E-state index is 0.0194. The molecule has 0 spiro atoms. The van der Waals surface area contributed by atoms with E-state index in [1.807, 2.05) is 19.1 Å². The first-order valence-electron chi connectivity index (χ1n) is 11.1. The van der Waals surface area contributed by atoms with Crippen molar-refractivity contribution < 1.29 is 20.4 Å². The van der Waals surface area contributed by atoms with Gasteiger partial charge in [0.1, 0.15) is 23.0 Å². The zero-order valence-electron chi connectivity index (χ0n) is 18.9. The van der Waals surface area contributed by atoms with Crippen molar-refractivity contribution in [3.8, 4) is 23.0 Å². The highest BCUT2D eigenvalue weighted by Gasteiger charge is 2.30. The van der Waals surface area contributed by atoms with Crippen molar-refractivity contribution in [1.82, 2.24) is 0 Å². The molecule has 2 aromatic carbocycles. The highest BCUT2D eigenvalue weighted by molar-refractivity contribution is 5.51. The number of phenolic OH excluding ortho intramolecular Hbond substituents is 4. The van der Waals surface area contributed by atoms with E-state index in [0.29, 0.717) is 5.56 Å². The Hall–Kier alpha value is -2.88. The van der Waals surface area contributed by atoms with Crippen LogP contribution in [-0.4, -0.2) is 20.4 Å². The molecule has 0 heterocycles. The van der Waals surface area contributed by atoms with E-state index in [4.69, 9.17) is 10.2 Å². The fourth-order valence-electron chi connectivity index (χ4n) is 4.10. The fraction of sp³-hybridized carbons (Fsp3) is 0.407. The van der Waals surface area contributed by atoms with E-state index in [1.165, 1.54) is 42.7 Å². The predicted octanol–water partition coefficient (Wildman–Crippen LogP) is 6.94. The Bertz CT molecular complexity index is 852. The highest BCUT2D eigenvalue weighted by Crippen LogP contribution is 2.46. The van der Waals surface area contributed by atoms with Crippen molar-refractivity contribution in [2.24, 2.45) is 5.92 Å². The van der Waals surface area contributed by atoms with Crippen LogP contribution in [-0.2, 0) is 6.42 Å². The van der Waals surface area contributed by atoms with Gasteiger partial charge in [-0.1, -0.05) is 43.6 Å². The number of hydrogen-bond acceptors (Lipinski definition) is 4. The number of phenols is 4. The van der Waals surface area contributed by atoms with Crippen LogP contribution in [0.1, 0.15) is 69.9 Å². The second-order valence-corrected chi connectivity index (χ2v) is 8.55. The van der Waals surface area contributed by atoms with Gasteiger partial charge in [-0.15, -0.1) is 0 Å². The summed E-state index contributed by atoms with van der Waals surface area (Å²) in [4.78, 5) is 0.